The van der Waals surface area contributed by atoms with Gasteiger partial charge in [0.25, 0.3) is 0 Å². The van der Waals surface area contributed by atoms with Crippen molar-refractivity contribution >= 4 is 6.09 Å². The number of amides is 1. The molecular weight excluding hydrogens is 216 g/mol. The van der Waals surface area contributed by atoms with E-state index in [1.54, 1.807) is 0 Å². The zero-order valence-electron chi connectivity index (χ0n) is 11.7. The van der Waals surface area contributed by atoms with Crippen molar-refractivity contribution in [1.82, 2.24) is 10.6 Å². The lowest BCUT2D eigenvalue weighted by atomic mass is 9.82. The Labute approximate surface area is 104 Å². The van der Waals surface area contributed by atoms with Crippen LogP contribution in [0.5, 0.6) is 0 Å². The van der Waals surface area contributed by atoms with Gasteiger partial charge in [0, 0.05) is 12.6 Å². The molecule has 3 unspecified atom stereocenters. The van der Waals surface area contributed by atoms with Crippen molar-refractivity contribution in [1.29, 1.82) is 0 Å². The summed E-state index contributed by atoms with van der Waals surface area (Å²) in [6.45, 7) is 11.9. The smallest absolute Gasteiger partial charge is 0.407 e. The van der Waals surface area contributed by atoms with Crippen molar-refractivity contribution < 1.29 is 9.53 Å². The lowest BCUT2D eigenvalue weighted by Crippen LogP contribution is -2.54. The molecule has 1 aliphatic rings. The second kappa shape index (κ2) is 5.71. The van der Waals surface area contributed by atoms with E-state index in [2.05, 4.69) is 24.5 Å². The van der Waals surface area contributed by atoms with Gasteiger partial charge in [0.15, 0.2) is 0 Å². The Morgan fingerprint density at radius 3 is 2.59 bits per heavy atom. The topological polar surface area (TPSA) is 50.4 Å². The van der Waals surface area contributed by atoms with Gasteiger partial charge in [0.05, 0.1) is 0 Å². The number of rotatable bonds is 2. The first-order chi connectivity index (χ1) is 7.83. The molecule has 3 atom stereocenters. The molecule has 0 radical (unpaired) electrons. The minimum atomic E-state index is -0.431. The Kier molecular flexibility index (Phi) is 4.80. The molecule has 4 heteroatoms. The highest BCUT2D eigenvalue weighted by atomic mass is 16.6. The molecule has 1 saturated heterocycles. The molecule has 17 heavy (non-hydrogen) atoms. The third-order valence-electron chi connectivity index (χ3n) is 3.25. The highest BCUT2D eigenvalue weighted by molar-refractivity contribution is 5.68. The van der Waals surface area contributed by atoms with E-state index in [1.807, 2.05) is 20.8 Å². The predicted octanol–water partition coefficient (Wildman–Crippen LogP) is 2.15. The van der Waals surface area contributed by atoms with Crippen molar-refractivity contribution in [2.45, 2.75) is 52.7 Å². The summed E-state index contributed by atoms with van der Waals surface area (Å²) in [6.07, 6.45) is 0.778. The Bertz CT molecular complexity index is 261. The Morgan fingerprint density at radius 1 is 1.41 bits per heavy atom. The van der Waals surface area contributed by atoms with Gasteiger partial charge in [-0.2, -0.15) is 0 Å². The zero-order chi connectivity index (χ0) is 13.1. The van der Waals surface area contributed by atoms with Crippen LogP contribution in [0.2, 0.25) is 0 Å². The molecule has 0 bridgehead atoms. The highest BCUT2D eigenvalue weighted by Gasteiger charge is 2.31. The van der Waals surface area contributed by atoms with Gasteiger partial charge in [-0.05, 0) is 39.2 Å². The number of carbonyl (C=O) groups excluding carboxylic acids is 1. The summed E-state index contributed by atoms with van der Waals surface area (Å²) in [5, 5.41) is 6.33. The third-order valence-corrected chi connectivity index (χ3v) is 3.25. The SMILES string of the molecule is CCC1C(C)CNCC1NC(=O)OC(C)(C)C. The van der Waals surface area contributed by atoms with Crippen molar-refractivity contribution in [3.63, 3.8) is 0 Å². The molecule has 0 aliphatic carbocycles. The van der Waals surface area contributed by atoms with Gasteiger partial charge in [-0.15, -0.1) is 0 Å². The molecule has 0 spiro atoms. The van der Waals surface area contributed by atoms with Crippen LogP contribution in [0.4, 0.5) is 4.79 Å². The number of nitrogens with one attached hydrogen (secondary N) is 2. The molecule has 100 valence electrons. The van der Waals surface area contributed by atoms with E-state index in [0.717, 1.165) is 19.5 Å². The van der Waals surface area contributed by atoms with Crippen LogP contribution in [-0.2, 0) is 4.74 Å². The first-order valence-electron chi connectivity index (χ1n) is 6.53. The molecule has 1 rings (SSSR count). The summed E-state index contributed by atoms with van der Waals surface area (Å²) in [5.74, 6) is 1.12. The minimum Gasteiger partial charge on any atom is -0.444 e. The third kappa shape index (κ3) is 4.54. The summed E-state index contributed by atoms with van der Waals surface area (Å²) in [4.78, 5) is 11.7. The number of piperidine rings is 1. The molecule has 0 aromatic heterocycles. The van der Waals surface area contributed by atoms with Crippen molar-refractivity contribution in [3.05, 3.63) is 0 Å². The van der Waals surface area contributed by atoms with Crippen LogP contribution >= 0.6 is 0 Å². The van der Waals surface area contributed by atoms with Crippen LogP contribution in [0, 0.1) is 11.8 Å². The van der Waals surface area contributed by atoms with Gasteiger partial charge in [-0.25, -0.2) is 4.79 Å². The summed E-state index contributed by atoms with van der Waals surface area (Å²) < 4.78 is 5.29. The maximum Gasteiger partial charge on any atom is 0.407 e. The minimum absolute atomic E-state index is 0.179. The Hall–Kier alpha value is -0.770. The molecule has 4 nitrogen and oxygen atoms in total. The lowest BCUT2D eigenvalue weighted by Gasteiger charge is -2.37. The van der Waals surface area contributed by atoms with E-state index in [9.17, 15) is 4.79 Å². The largest absolute Gasteiger partial charge is 0.444 e. The summed E-state index contributed by atoms with van der Waals surface area (Å²) in [5.41, 5.74) is -0.431. The number of hydrogen-bond donors (Lipinski definition) is 2. The maximum atomic E-state index is 11.7. The van der Waals surface area contributed by atoms with Crippen LogP contribution < -0.4 is 10.6 Å². The van der Waals surface area contributed by atoms with E-state index in [-0.39, 0.29) is 12.1 Å². The van der Waals surface area contributed by atoms with Crippen LogP contribution in [-0.4, -0.2) is 30.8 Å². The van der Waals surface area contributed by atoms with Gasteiger partial charge < -0.3 is 15.4 Å². The van der Waals surface area contributed by atoms with Gasteiger partial charge in [0.2, 0.25) is 0 Å². The van der Waals surface area contributed by atoms with E-state index in [1.165, 1.54) is 0 Å². The van der Waals surface area contributed by atoms with E-state index in [0.29, 0.717) is 11.8 Å². The first kappa shape index (κ1) is 14.3. The highest BCUT2D eigenvalue weighted by Crippen LogP contribution is 2.22. The summed E-state index contributed by atoms with van der Waals surface area (Å²) in [7, 11) is 0. The predicted molar refractivity (Wildman–Crippen MR) is 69.0 cm³/mol. The molecule has 1 amide bonds. The van der Waals surface area contributed by atoms with Crippen LogP contribution in [0.15, 0.2) is 0 Å². The van der Waals surface area contributed by atoms with Gasteiger partial charge >= 0.3 is 6.09 Å². The normalized spacial score (nSPS) is 29.8. The molecule has 0 aromatic carbocycles. The molecule has 1 aliphatic heterocycles. The van der Waals surface area contributed by atoms with Gasteiger partial charge in [0.1, 0.15) is 5.60 Å². The van der Waals surface area contributed by atoms with E-state index < -0.39 is 5.60 Å². The first-order valence-corrected chi connectivity index (χ1v) is 6.53. The number of alkyl carbamates (subject to hydrolysis) is 1. The maximum absolute atomic E-state index is 11.7. The summed E-state index contributed by atoms with van der Waals surface area (Å²) in [6, 6.07) is 0.179. The van der Waals surface area contributed by atoms with Crippen LogP contribution in [0.3, 0.4) is 0 Å². The monoisotopic (exact) mass is 242 g/mol. The Morgan fingerprint density at radius 2 is 2.06 bits per heavy atom. The molecule has 0 saturated carbocycles. The van der Waals surface area contributed by atoms with Crippen molar-refractivity contribution in [3.8, 4) is 0 Å². The number of ether oxygens (including phenoxy) is 1. The summed E-state index contributed by atoms with van der Waals surface area (Å²) >= 11 is 0. The molecule has 2 N–H and O–H groups in total. The standard InChI is InChI=1S/C13H26N2O2/c1-6-10-9(2)7-14-8-11(10)15-12(16)17-13(3,4)5/h9-11,14H,6-8H2,1-5H3,(H,15,16). The average Bonchev–Trinajstić information content (AvgIpc) is 2.14. The number of hydrogen-bond acceptors (Lipinski definition) is 3. The zero-order valence-corrected chi connectivity index (χ0v) is 11.7. The van der Waals surface area contributed by atoms with E-state index >= 15 is 0 Å². The molecule has 1 fully saturated rings. The van der Waals surface area contributed by atoms with Crippen molar-refractivity contribution in [2.24, 2.45) is 11.8 Å². The second-order valence-corrected chi connectivity index (χ2v) is 5.96. The average molecular weight is 242 g/mol. The number of carbonyl (C=O) groups is 1. The quantitative estimate of drug-likeness (QED) is 0.780. The fourth-order valence-electron chi connectivity index (χ4n) is 2.47. The van der Waals surface area contributed by atoms with Crippen LogP contribution in [0.1, 0.15) is 41.0 Å². The second-order valence-electron chi connectivity index (χ2n) is 5.96. The van der Waals surface area contributed by atoms with Crippen molar-refractivity contribution in [2.75, 3.05) is 13.1 Å². The molecule has 0 aromatic rings. The fourth-order valence-corrected chi connectivity index (χ4v) is 2.47. The molecule has 1 heterocycles. The van der Waals surface area contributed by atoms with Gasteiger partial charge in [-0.3, -0.25) is 0 Å². The van der Waals surface area contributed by atoms with Crippen LogP contribution in [0.25, 0.3) is 0 Å². The lowest BCUT2D eigenvalue weighted by molar-refractivity contribution is 0.0456. The fraction of sp³-hybridized carbons (Fsp3) is 0.923. The molecular formula is C13H26N2O2. The Balaban J connectivity index is 2.51. The van der Waals surface area contributed by atoms with E-state index in [4.69, 9.17) is 4.74 Å². The van der Waals surface area contributed by atoms with Gasteiger partial charge in [-0.1, -0.05) is 20.3 Å².